The molecule has 0 bridgehead atoms. The Kier molecular flexibility index (Phi) is 6.49. The molecule has 6 heteroatoms. The maximum Gasteiger partial charge on any atom is 0.338 e. The van der Waals surface area contributed by atoms with Gasteiger partial charge in [0.25, 0.3) is 0 Å². The van der Waals surface area contributed by atoms with Gasteiger partial charge in [-0.05, 0) is 60.7 Å². The molecule has 0 aliphatic carbocycles. The van der Waals surface area contributed by atoms with Crippen molar-refractivity contribution in [2.24, 2.45) is 0 Å². The summed E-state index contributed by atoms with van der Waals surface area (Å²) in [6.45, 7) is 0. The highest BCUT2D eigenvalue weighted by molar-refractivity contribution is 5.94. The first-order valence-electron chi connectivity index (χ1n) is 8.06. The van der Waals surface area contributed by atoms with Crippen LogP contribution in [0.4, 0.5) is 0 Å². The van der Waals surface area contributed by atoms with E-state index < -0.39 is 11.9 Å². The van der Waals surface area contributed by atoms with Gasteiger partial charge in [0.05, 0.1) is 30.9 Å². The fourth-order valence-electron chi connectivity index (χ4n) is 2.68. The molecule has 0 unspecified atom stereocenters. The van der Waals surface area contributed by atoms with Gasteiger partial charge in [-0.15, -0.1) is 0 Å². The van der Waals surface area contributed by atoms with E-state index in [1.807, 2.05) is 0 Å². The van der Waals surface area contributed by atoms with Crippen molar-refractivity contribution in [3.63, 3.8) is 0 Å². The number of aryl methyl sites for hydroxylation is 2. The number of rotatable bonds is 7. The maximum absolute atomic E-state index is 11.9. The third-order valence-corrected chi connectivity index (χ3v) is 4.07. The Bertz CT molecular complexity index is 825. The lowest BCUT2D eigenvalue weighted by molar-refractivity contribution is 0.0585. The molecule has 0 fully saturated rings. The van der Waals surface area contributed by atoms with Crippen LogP contribution >= 0.6 is 0 Å². The molecule has 0 saturated carbocycles. The molecule has 1 N–H and O–H groups in total. The molecular formula is C20H20O6. The second-order valence-electron chi connectivity index (χ2n) is 5.72. The fraction of sp³-hybridized carbons (Fsp3) is 0.250. The van der Waals surface area contributed by atoms with Crippen molar-refractivity contribution in [2.75, 3.05) is 14.2 Å². The Balaban J connectivity index is 2.16. The number of aromatic hydroxyl groups is 1. The molecule has 2 rings (SSSR count). The summed E-state index contributed by atoms with van der Waals surface area (Å²) < 4.78 is 9.50. The van der Waals surface area contributed by atoms with Gasteiger partial charge < -0.3 is 14.6 Å². The number of phenolic OH excluding ortho intramolecular Hbond substituents is 1. The Morgan fingerprint density at radius 3 is 2.35 bits per heavy atom. The number of esters is 2. The number of aldehydes is 1. The highest BCUT2D eigenvalue weighted by Gasteiger charge is 2.15. The number of carbonyl (C=O) groups excluding carboxylic acids is 3. The quantitative estimate of drug-likeness (QED) is 0.606. The Morgan fingerprint density at radius 2 is 1.73 bits per heavy atom. The van der Waals surface area contributed by atoms with Crippen LogP contribution in [0.3, 0.4) is 0 Å². The van der Waals surface area contributed by atoms with E-state index >= 15 is 0 Å². The zero-order valence-corrected chi connectivity index (χ0v) is 14.7. The minimum atomic E-state index is -0.475. The van der Waals surface area contributed by atoms with Crippen LogP contribution in [0.5, 0.6) is 5.75 Å². The third kappa shape index (κ3) is 4.47. The van der Waals surface area contributed by atoms with Gasteiger partial charge in [-0.2, -0.15) is 0 Å². The van der Waals surface area contributed by atoms with Gasteiger partial charge in [0, 0.05) is 0 Å². The van der Waals surface area contributed by atoms with Crippen LogP contribution in [0, 0.1) is 0 Å². The van der Waals surface area contributed by atoms with Crippen LogP contribution in [0.25, 0.3) is 0 Å². The smallest absolute Gasteiger partial charge is 0.338 e. The lowest BCUT2D eigenvalue weighted by atomic mass is 9.97. The number of ether oxygens (including phenoxy) is 2. The van der Waals surface area contributed by atoms with E-state index in [9.17, 15) is 19.5 Å². The fourth-order valence-corrected chi connectivity index (χ4v) is 2.68. The minimum absolute atomic E-state index is 0.0551. The third-order valence-electron chi connectivity index (χ3n) is 4.07. The molecule has 0 saturated heterocycles. The van der Waals surface area contributed by atoms with E-state index in [-0.39, 0.29) is 11.3 Å². The summed E-state index contributed by atoms with van der Waals surface area (Å²) in [7, 11) is 2.60. The lowest BCUT2D eigenvalue weighted by Crippen LogP contribution is -2.09. The zero-order chi connectivity index (χ0) is 19.1. The molecule has 0 amide bonds. The van der Waals surface area contributed by atoms with Crippen LogP contribution in [0.15, 0.2) is 36.4 Å². The lowest BCUT2D eigenvalue weighted by Gasteiger charge is -2.10. The molecule has 0 radical (unpaired) electrons. The highest BCUT2D eigenvalue weighted by Crippen LogP contribution is 2.20. The van der Waals surface area contributed by atoms with Gasteiger partial charge in [-0.25, -0.2) is 9.59 Å². The van der Waals surface area contributed by atoms with Gasteiger partial charge in [0.15, 0.2) is 6.29 Å². The van der Waals surface area contributed by atoms with Gasteiger partial charge in [0.2, 0.25) is 0 Å². The summed E-state index contributed by atoms with van der Waals surface area (Å²) in [5, 5.41) is 9.74. The van der Waals surface area contributed by atoms with Crippen LogP contribution in [-0.4, -0.2) is 37.6 Å². The summed E-state index contributed by atoms with van der Waals surface area (Å²) in [5.41, 5.74) is 2.57. The first-order valence-corrected chi connectivity index (χ1v) is 8.06. The number of methoxy groups -OCH3 is 2. The molecule has 0 spiro atoms. The number of carbonyl (C=O) groups is 3. The monoisotopic (exact) mass is 356 g/mol. The number of hydrogen-bond donors (Lipinski definition) is 1. The number of benzene rings is 2. The molecule has 2 aromatic rings. The number of phenols is 1. The molecule has 0 atom stereocenters. The van der Waals surface area contributed by atoms with E-state index in [0.717, 1.165) is 5.56 Å². The standard InChI is InChI=1S/C20H20O6/c1-25-19(23)15-8-9-17(20(24)26-2)14(11-15)5-3-4-13-6-7-16(12-21)18(22)10-13/h6-12,22H,3-5H2,1-2H3. The van der Waals surface area contributed by atoms with E-state index in [4.69, 9.17) is 9.47 Å². The SMILES string of the molecule is COC(=O)c1ccc(C(=O)OC)c(CCCc2ccc(C=O)c(O)c2)c1. The van der Waals surface area contributed by atoms with Crippen molar-refractivity contribution in [3.8, 4) is 5.75 Å². The highest BCUT2D eigenvalue weighted by atomic mass is 16.5. The van der Waals surface area contributed by atoms with Gasteiger partial charge in [0.1, 0.15) is 5.75 Å². The van der Waals surface area contributed by atoms with Crippen molar-refractivity contribution in [3.05, 3.63) is 64.2 Å². The molecule has 136 valence electrons. The molecule has 0 aromatic heterocycles. The van der Waals surface area contributed by atoms with E-state index in [1.165, 1.54) is 20.3 Å². The second kappa shape index (κ2) is 8.80. The zero-order valence-electron chi connectivity index (χ0n) is 14.7. The van der Waals surface area contributed by atoms with Crippen LogP contribution < -0.4 is 0 Å². The van der Waals surface area contributed by atoms with E-state index in [2.05, 4.69) is 0 Å². The predicted octanol–water partition coefficient (Wildman–Crippen LogP) is 2.95. The molecule has 2 aromatic carbocycles. The van der Waals surface area contributed by atoms with E-state index in [1.54, 1.807) is 30.3 Å². The Labute approximate surface area is 151 Å². The Hall–Kier alpha value is -3.15. The first kappa shape index (κ1) is 19.2. The molecular weight excluding hydrogens is 336 g/mol. The molecule has 0 heterocycles. The summed E-state index contributed by atoms with van der Waals surface area (Å²) in [6.07, 6.45) is 2.44. The summed E-state index contributed by atoms with van der Waals surface area (Å²) in [6, 6.07) is 9.60. The average Bonchev–Trinajstić information content (AvgIpc) is 2.66. The Morgan fingerprint density at radius 1 is 1.00 bits per heavy atom. The minimum Gasteiger partial charge on any atom is -0.507 e. The van der Waals surface area contributed by atoms with Crippen molar-refractivity contribution in [1.29, 1.82) is 0 Å². The van der Waals surface area contributed by atoms with Gasteiger partial charge in [-0.1, -0.05) is 6.07 Å². The van der Waals surface area contributed by atoms with Crippen molar-refractivity contribution >= 4 is 18.2 Å². The van der Waals surface area contributed by atoms with Crippen molar-refractivity contribution < 1.29 is 29.0 Å². The van der Waals surface area contributed by atoms with Gasteiger partial charge in [-0.3, -0.25) is 4.79 Å². The van der Waals surface area contributed by atoms with Crippen LogP contribution in [-0.2, 0) is 22.3 Å². The topological polar surface area (TPSA) is 89.9 Å². The largest absolute Gasteiger partial charge is 0.507 e. The summed E-state index contributed by atoms with van der Waals surface area (Å²) in [4.78, 5) is 34.4. The maximum atomic E-state index is 11.9. The summed E-state index contributed by atoms with van der Waals surface area (Å²) >= 11 is 0. The second-order valence-corrected chi connectivity index (χ2v) is 5.72. The van der Waals surface area contributed by atoms with Crippen LogP contribution in [0.1, 0.15) is 48.6 Å². The molecule has 0 aliphatic rings. The molecule has 0 aliphatic heterocycles. The normalized spacial score (nSPS) is 10.2. The van der Waals surface area contributed by atoms with Gasteiger partial charge >= 0.3 is 11.9 Å². The molecule has 6 nitrogen and oxygen atoms in total. The number of hydrogen-bond acceptors (Lipinski definition) is 6. The van der Waals surface area contributed by atoms with Crippen molar-refractivity contribution in [1.82, 2.24) is 0 Å². The first-order chi connectivity index (χ1) is 12.5. The van der Waals surface area contributed by atoms with E-state index in [0.29, 0.717) is 42.2 Å². The van der Waals surface area contributed by atoms with Crippen LogP contribution in [0.2, 0.25) is 0 Å². The molecule has 26 heavy (non-hydrogen) atoms. The predicted molar refractivity (Wildman–Crippen MR) is 94.6 cm³/mol. The average molecular weight is 356 g/mol. The van der Waals surface area contributed by atoms with Crippen molar-refractivity contribution in [2.45, 2.75) is 19.3 Å². The summed E-state index contributed by atoms with van der Waals surface area (Å²) in [5.74, 6) is -0.998.